The van der Waals surface area contributed by atoms with Crippen molar-refractivity contribution >= 4 is 101 Å². The van der Waals surface area contributed by atoms with Crippen LogP contribution in [-0.2, 0) is 27.1 Å². The molecule has 0 bridgehead atoms. The van der Waals surface area contributed by atoms with Crippen molar-refractivity contribution < 1.29 is 4.42 Å². The molecule has 4 heterocycles. The van der Waals surface area contributed by atoms with E-state index in [-0.39, 0.29) is 33.8 Å². The van der Waals surface area contributed by atoms with Crippen LogP contribution < -0.4 is 26.2 Å². The molecule has 13 rings (SSSR count). The number of nitrogens with zero attached hydrogens (tertiary/aromatic N) is 3. The Morgan fingerprint density at radius 1 is 0.361 bits per heavy atom. The molecule has 83 heavy (non-hydrogen) atoms. The molecule has 0 atom stereocenters. The lowest BCUT2D eigenvalue weighted by Gasteiger charge is -2.46. The molecule has 0 saturated heterocycles. The summed E-state index contributed by atoms with van der Waals surface area (Å²) in [7, 11) is 0. The number of anilines is 6. The Morgan fingerprint density at radius 2 is 0.855 bits per heavy atom. The monoisotopic (exact) mass is 1090 g/mol. The maximum absolute atomic E-state index is 6.74. The maximum atomic E-state index is 6.74. The predicted octanol–water partition coefficient (Wildman–Crippen LogP) is 20.2. The van der Waals surface area contributed by atoms with Gasteiger partial charge < -0.3 is 18.8 Å². The highest BCUT2D eigenvalue weighted by Gasteiger charge is 2.46. The van der Waals surface area contributed by atoms with Crippen molar-refractivity contribution in [3.8, 4) is 16.8 Å². The number of rotatable bonds is 4. The smallest absolute Gasteiger partial charge is 0.252 e. The quantitative estimate of drug-likeness (QED) is 0.164. The van der Waals surface area contributed by atoms with Crippen LogP contribution in [0, 0.1) is 27.7 Å². The van der Waals surface area contributed by atoms with Gasteiger partial charge in [0.1, 0.15) is 11.2 Å². The van der Waals surface area contributed by atoms with Gasteiger partial charge in [-0.15, -0.1) is 0 Å². The molecular formula is C78H82BN3O. The third-order valence-corrected chi connectivity index (χ3v) is 18.6. The van der Waals surface area contributed by atoms with E-state index in [1.54, 1.807) is 0 Å². The van der Waals surface area contributed by atoms with Crippen LogP contribution in [0.5, 0.6) is 0 Å². The van der Waals surface area contributed by atoms with Crippen LogP contribution in [0.15, 0.2) is 156 Å². The fraction of sp³-hybridized carbons (Fsp3) is 0.308. The van der Waals surface area contributed by atoms with Crippen LogP contribution in [0.4, 0.5) is 34.1 Å². The Labute approximate surface area is 494 Å². The predicted molar refractivity (Wildman–Crippen MR) is 360 cm³/mol. The van der Waals surface area contributed by atoms with Gasteiger partial charge in [0.15, 0.2) is 0 Å². The molecule has 0 spiro atoms. The molecule has 0 saturated carbocycles. The van der Waals surface area contributed by atoms with E-state index < -0.39 is 0 Å². The van der Waals surface area contributed by atoms with Crippen molar-refractivity contribution in [1.29, 1.82) is 0 Å². The van der Waals surface area contributed by atoms with Crippen LogP contribution in [0.2, 0.25) is 0 Å². The third kappa shape index (κ3) is 8.68. The first kappa shape index (κ1) is 54.5. The first-order valence-electron chi connectivity index (χ1n) is 30.3. The molecule has 0 unspecified atom stereocenters. The Kier molecular flexibility index (Phi) is 12.1. The third-order valence-electron chi connectivity index (χ3n) is 18.6. The lowest BCUT2D eigenvalue weighted by molar-refractivity contribution is 0.589. The number of benzene rings is 9. The van der Waals surface area contributed by atoms with Crippen molar-refractivity contribution in [2.24, 2.45) is 0 Å². The van der Waals surface area contributed by atoms with Gasteiger partial charge in [-0.05, 0) is 187 Å². The van der Waals surface area contributed by atoms with E-state index in [9.17, 15) is 0 Å². The zero-order valence-electron chi connectivity index (χ0n) is 52.8. The van der Waals surface area contributed by atoms with Crippen molar-refractivity contribution in [3.63, 3.8) is 0 Å². The zero-order chi connectivity index (χ0) is 58.9. The number of hydrogen-bond donors (Lipinski definition) is 0. The summed E-state index contributed by atoms with van der Waals surface area (Å²) in [5.41, 5.74) is 30.4. The molecule has 2 aliphatic rings. The SMILES string of the molecule is Cc1cc(C(C)(C)C)cc(C)c1N1c2ccc(C(C)(C)C)cc2B2c3cc4c5ccc(C(C)(C)C)cc5n(-c5ccc(C(C)(C)C)cc5)c4cc3N(c3c(C)cc(-c4cccc5c4oc4ccccc45)cc3C)c3cc(C(C)(C)C)cc1c32. The molecule has 0 fully saturated rings. The summed E-state index contributed by atoms with van der Waals surface area (Å²) < 4.78 is 9.30. The fourth-order valence-electron chi connectivity index (χ4n) is 13.9. The molecule has 418 valence electrons. The summed E-state index contributed by atoms with van der Waals surface area (Å²) in [6.45, 7) is 44.4. The largest absolute Gasteiger partial charge is 0.455 e. The van der Waals surface area contributed by atoms with E-state index in [1.807, 2.05) is 0 Å². The molecular weight excluding hydrogens is 1010 g/mol. The average molecular weight is 1090 g/mol. The number of fused-ring (bicyclic) bond motifs is 10. The van der Waals surface area contributed by atoms with E-state index >= 15 is 0 Å². The van der Waals surface area contributed by atoms with Gasteiger partial charge >= 0.3 is 0 Å². The van der Waals surface area contributed by atoms with E-state index in [4.69, 9.17) is 4.42 Å². The van der Waals surface area contributed by atoms with E-state index in [0.29, 0.717) is 0 Å². The van der Waals surface area contributed by atoms with E-state index in [0.717, 1.165) is 38.8 Å². The highest BCUT2D eigenvalue weighted by molar-refractivity contribution is 7.00. The number of hydrogen-bond acceptors (Lipinski definition) is 3. The zero-order valence-corrected chi connectivity index (χ0v) is 52.8. The van der Waals surface area contributed by atoms with Crippen LogP contribution in [0.25, 0.3) is 60.6 Å². The Morgan fingerprint density at radius 3 is 1.46 bits per heavy atom. The molecule has 5 heteroatoms. The Balaban J connectivity index is 1.18. The molecule has 0 radical (unpaired) electrons. The summed E-state index contributed by atoms with van der Waals surface area (Å²) in [6, 6.07) is 59.2. The Hall–Kier alpha value is -7.76. The van der Waals surface area contributed by atoms with Gasteiger partial charge in [-0.2, -0.15) is 0 Å². The van der Waals surface area contributed by atoms with E-state index in [1.165, 1.54) is 122 Å². The molecule has 0 N–H and O–H groups in total. The molecule has 11 aromatic rings. The highest BCUT2D eigenvalue weighted by atomic mass is 16.3. The first-order valence-corrected chi connectivity index (χ1v) is 30.3. The minimum atomic E-state index is -0.186. The second kappa shape index (κ2) is 18.4. The summed E-state index contributed by atoms with van der Waals surface area (Å²) in [6.07, 6.45) is 0. The lowest BCUT2D eigenvalue weighted by atomic mass is 9.33. The van der Waals surface area contributed by atoms with Crippen LogP contribution in [-0.4, -0.2) is 11.3 Å². The number of para-hydroxylation sites is 2. The second-order valence-corrected chi connectivity index (χ2v) is 29.8. The van der Waals surface area contributed by atoms with Gasteiger partial charge in [-0.3, -0.25) is 0 Å². The van der Waals surface area contributed by atoms with Crippen molar-refractivity contribution in [3.05, 3.63) is 202 Å². The normalized spacial score (nSPS) is 13.9. The minimum absolute atomic E-state index is 0.00141. The van der Waals surface area contributed by atoms with Crippen molar-refractivity contribution in [2.75, 3.05) is 9.80 Å². The van der Waals surface area contributed by atoms with Gasteiger partial charge in [0.25, 0.3) is 6.71 Å². The van der Waals surface area contributed by atoms with Gasteiger partial charge in [0.2, 0.25) is 0 Å². The van der Waals surface area contributed by atoms with Crippen molar-refractivity contribution in [2.45, 2.75) is 159 Å². The Bertz CT molecular complexity index is 4460. The van der Waals surface area contributed by atoms with Gasteiger partial charge in [0.05, 0.1) is 22.4 Å². The lowest BCUT2D eigenvalue weighted by Crippen LogP contribution is -2.61. The number of aryl methyl sites for hydroxylation is 4. The maximum Gasteiger partial charge on any atom is 0.252 e. The van der Waals surface area contributed by atoms with Crippen LogP contribution in [0.3, 0.4) is 0 Å². The summed E-state index contributed by atoms with van der Waals surface area (Å²) in [5.74, 6) is 0. The van der Waals surface area contributed by atoms with Gasteiger partial charge in [-0.25, -0.2) is 0 Å². The molecule has 0 aliphatic carbocycles. The standard InChI is InChI=1S/C78H82BN3O/c1-45-35-49(56-24-22-25-59-58-23-20-21-26-69(58)83-73(56)59)36-46(2)71(45)82-66-44-65-60(57-33-29-52(76(11,12)13)40-64(57)80(65)55-31-27-50(28-32-55)74(5,6)7)43-62(66)79-61-39-51(75(8,9)10)30-34-63(61)81(67-41-54(78(17,18)19)42-68(82)70(67)79)72-47(3)37-53(38-48(72)4)77(14,15)16/h20-44H,1-19H3. The molecule has 2 aliphatic heterocycles. The topological polar surface area (TPSA) is 24.6 Å². The molecule has 4 nitrogen and oxygen atoms in total. The van der Waals surface area contributed by atoms with E-state index in [2.05, 4.69) is 298 Å². The summed E-state index contributed by atoms with van der Waals surface area (Å²) in [4.78, 5) is 5.36. The van der Waals surface area contributed by atoms with Crippen molar-refractivity contribution in [1.82, 2.24) is 4.57 Å². The average Bonchev–Trinajstić information content (AvgIpc) is 1.58. The first-order chi connectivity index (χ1) is 39.0. The number of furan rings is 1. The minimum Gasteiger partial charge on any atom is -0.455 e. The van der Waals surface area contributed by atoms with Gasteiger partial charge in [-0.1, -0.05) is 195 Å². The molecule has 9 aromatic carbocycles. The summed E-state index contributed by atoms with van der Waals surface area (Å²) in [5, 5.41) is 4.80. The molecule has 0 amide bonds. The fourth-order valence-corrected chi connectivity index (χ4v) is 13.9. The van der Waals surface area contributed by atoms with Crippen LogP contribution >= 0.6 is 0 Å². The van der Waals surface area contributed by atoms with Crippen LogP contribution in [0.1, 0.15) is 154 Å². The molecule has 2 aromatic heterocycles. The highest BCUT2D eigenvalue weighted by Crippen LogP contribution is 2.51. The summed E-state index contributed by atoms with van der Waals surface area (Å²) >= 11 is 0. The second-order valence-electron chi connectivity index (χ2n) is 29.8. The number of aromatic nitrogens is 1. The van der Waals surface area contributed by atoms with Gasteiger partial charge in [0, 0.05) is 55.5 Å².